The molecule has 0 amide bonds. The van der Waals surface area contributed by atoms with Gasteiger partial charge in [-0.3, -0.25) is 0 Å². The minimum atomic E-state index is -1.27. The molecular formula is C60H48N4O4+4. The van der Waals surface area contributed by atoms with E-state index in [0.29, 0.717) is 0 Å². The first-order valence-electron chi connectivity index (χ1n) is 23.2. The SMILES string of the molecule is CC1(C)C2=[N+](c3ccccc3)[C@@]3(Oc4cc1ccc4C=[N+]3c1ccccc1)Oc1ccccc12.CC1(C)C2=[N+](c3ccccc3)[C@]3(Oc4ccccc42)Oc2c(cccc21)C=[N+]3c1ccccc1. The molecule has 0 aliphatic carbocycles. The Hall–Kier alpha value is -8.36. The summed E-state index contributed by atoms with van der Waals surface area (Å²) in [5, 5.41) is 0. The molecule has 2 spiro atoms. The molecule has 6 aliphatic rings. The average molecular weight is 889 g/mol. The molecule has 2 atom stereocenters. The Morgan fingerprint density at radius 3 is 1.34 bits per heavy atom. The van der Waals surface area contributed by atoms with E-state index >= 15 is 0 Å². The summed E-state index contributed by atoms with van der Waals surface area (Å²) in [6, 6.07) is 68.3. The lowest BCUT2D eigenvalue weighted by Gasteiger charge is -2.38. The van der Waals surface area contributed by atoms with Gasteiger partial charge in [-0.05, 0) is 84.9 Å². The van der Waals surface area contributed by atoms with Crippen molar-refractivity contribution in [2.24, 2.45) is 0 Å². The van der Waals surface area contributed by atoms with E-state index in [0.717, 1.165) is 85.0 Å². The molecule has 328 valence electrons. The van der Waals surface area contributed by atoms with Gasteiger partial charge < -0.3 is 18.9 Å². The Bertz CT molecular complexity index is 3460. The summed E-state index contributed by atoms with van der Waals surface area (Å²) in [4.78, 5) is 0. The van der Waals surface area contributed by atoms with Crippen molar-refractivity contribution in [2.75, 3.05) is 0 Å². The zero-order valence-corrected chi connectivity index (χ0v) is 38.2. The predicted octanol–water partition coefficient (Wildman–Crippen LogP) is 11.9. The van der Waals surface area contributed by atoms with Crippen LogP contribution in [0.3, 0.4) is 0 Å². The molecule has 0 saturated carbocycles. The Kier molecular flexibility index (Phi) is 8.56. The van der Waals surface area contributed by atoms with Gasteiger partial charge in [-0.15, -0.1) is 0 Å². The molecule has 68 heavy (non-hydrogen) atoms. The van der Waals surface area contributed by atoms with Crippen molar-refractivity contribution in [1.82, 2.24) is 0 Å². The van der Waals surface area contributed by atoms with Crippen molar-refractivity contribution in [3.63, 3.8) is 0 Å². The van der Waals surface area contributed by atoms with Gasteiger partial charge in [-0.2, -0.15) is 0 Å². The number of hydrogen-bond acceptors (Lipinski definition) is 4. The molecule has 0 unspecified atom stereocenters. The number of benzene rings is 8. The van der Waals surface area contributed by atoms with Gasteiger partial charge in [0, 0.05) is 54.1 Å². The van der Waals surface area contributed by atoms with Crippen molar-refractivity contribution in [3.8, 4) is 23.0 Å². The van der Waals surface area contributed by atoms with E-state index in [1.807, 2.05) is 72.8 Å². The highest BCUT2D eigenvalue weighted by atomic mass is 16.8. The van der Waals surface area contributed by atoms with Crippen LogP contribution < -0.4 is 18.9 Å². The summed E-state index contributed by atoms with van der Waals surface area (Å²) in [7, 11) is 0. The molecule has 8 nitrogen and oxygen atoms in total. The van der Waals surface area contributed by atoms with Crippen LogP contribution in [0, 0.1) is 0 Å². The Labute approximate surface area is 395 Å². The van der Waals surface area contributed by atoms with E-state index in [-0.39, 0.29) is 10.8 Å². The van der Waals surface area contributed by atoms with Crippen LogP contribution in [-0.4, -0.2) is 54.2 Å². The minimum Gasteiger partial charge on any atom is -0.340 e. The van der Waals surface area contributed by atoms with E-state index in [4.69, 9.17) is 18.9 Å². The topological polar surface area (TPSA) is 49.0 Å². The van der Waals surface area contributed by atoms with E-state index in [2.05, 4.69) is 192 Å². The van der Waals surface area contributed by atoms with Crippen molar-refractivity contribution in [1.29, 1.82) is 0 Å². The first-order chi connectivity index (χ1) is 33.2. The normalized spacial score (nSPS) is 20.9. The number of para-hydroxylation sites is 7. The summed E-state index contributed by atoms with van der Waals surface area (Å²) in [6.45, 7) is 9.13. The molecule has 0 radical (unpaired) electrons. The second kappa shape index (κ2) is 14.6. The molecule has 8 heteroatoms. The maximum atomic E-state index is 7.04. The standard InChI is InChI=1S/2C30H24N2O2/c1-29(2)25-18-11-12-21-20-31(22-13-5-3-6-14-22)30(34-27(21)25)32(23-15-7-4-8-16-23)28(29)24-17-9-10-19-26(24)33-30;1-29(2)22-18-17-21-20-31(23-11-5-3-6-12-23)30(34-27(21)19-22)32(24-13-7-4-8-14-24)28(29)25-15-9-10-16-26(25)33-30/h2*3-20H,1-2H3/q2*+2/t2*30-/m11/s1. The van der Waals surface area contributed by atoms with Gasteiger partial charge >= 0.3 is 12.1 Å². The smallest absolute Gasteiger partial charge is 0.340 e. The van der Waals surface area contributed by atoms with Crippen LogP contribution in [0.25, 0.3) is 0 Å². The number of ether oxygens (including phenoxy) is 4. The lowest BCUT2D eigenvalue weighted by Crippen LogP contribution is -2.65. The molecule has 7 bridgehead atoms. The largest absolute Gasteiger partial charge is 0.715 e. The number of rotatable bonds is 4. The van der Waals surface area contributed by atoms with E-state index < -0.39 is 12.1 Å². The molecule has 0 aromatic heterocycles. The van der Waals surface area contributed by atoms with Crippen LogP contribution >= 0.6 is 0 Å². The first-order valence-corrected chi connectivity index (χ1v) is 23.2. The summed E-state index contributed by atoms with van der Waals surface area (Å²) in [6.07, 6.45) is 4.29. The minimum absolute atomic E-state index is 0.322. The average Bonchev–Trinajstić information content (AvgIpc) is 3.43. The highest BCUT2D eigenvalue weighted by molar-refractivity contribution is 6.09. The maximum absolute atomic E-state index is 7.04. The number of nitrogens with zero attached hydrogens (tertiary/aromatic N) is 4. The molecule has 0 saturated heterocycles. The van der Waals surface area contributed by atoms with E-state index in [9.17, 15) is 0 Å². The van der Waals surface area contributed by atoms with Crippen LogP contribution in [0.2, 0.25) is 0 Å². The van der Waals surface area contributed by atoms with Crippen LogP contribution in [0.1, 0.15) is 61.1 Å². The van der Waals surface area contributed by atoms with Crippen molar-refractivity contribution >= 4 is 46.6 Å². The Morgan fingerprint density at radius 1 is 0.353 bits per heavy atom. The van der Waals surface area contributed by atoms with E-state index in [1.165, 1.54) is 5.56 Å². The summed E-state index contributed by atoms with van der Waals surface area (Å²) in [5.41, 5.74) is 12.1. The second-order valence-electron chi connectivity index (χ2n) is 18.9. The quantitative estimate of drug-likeness (QED) is 0.165. The van der Waals surface area contributed by atoms with Gasteiger partial charge in [0.05, 0.1) is 33.1 Å². The van der Waals surface area contributed by atoms with Crippen LogP contribution in [0.15, 0.2) is 206 Å². The van der Waals surface area contributed by atoms with Crippen LogP contribution in [0.5, 0.6) is 23.0 Å². The van der Waals surface area contributed by atoms with Gasteiger partial charge in [0.1, 0.15) is 0 Å². The van der Waals surface area contributed by atoms with Crippen molar-refractivity contribution in [2.45, 2.75) is 50.6 Å². The molecule has 14 rings (SSSR count). The molecular weight excluding hydrogens is 841 g/mol. The van der Waals surface area contributed by atoms with E-state index in [1.54, 1.807) is 0 Å². The molecule has 6 aliphatic heterocycles. The van der Waals surface area contributed by atoms with Gasteiger partial charge in [0.25, 0.3) is 0 Å². The monoisotopic (exact) mass is 888 g/mol. The third-order valence-corrected chi connectivity index (χ3v) is 14.1. The molecule has 8 aromatic rings. The summed E-state index contributed by atoms with van der Waals surface area (Å²) < 4.78 is 36.5. The second-order valence-corrected chi connectivity index (χ2v) is 18.9. The number of hydrogen-bond donors (Lipinski definition) is 0. The lowest BCUT2D eigenvalue weighted by atomic mass is 9.75. The maximum Gasteiger partial charge on any atom is 0.715 e. The molecule has 0 N–H and O–H groups in total. The van der Waals surface area contributed by atoms with Crippen molar-refractivity contribution in [3.05, 3.63) is 240 Å². The van der Waals surface area contributed by atoms with Gasteiger partial charge in [0.15, 0.2) is 35.4 Å². The number of fused-ring (bicyclic) bond motifs is 5. The Balaban J connectivity index is 0.000000134. The lowest BCUT2D eigenvalue weighted by molar-refractivity contribution is -0.858. The third-order valence-electron chi connectivity index (χ3n) is 14.1. The highest BCUT2D eigenvalue weighted by Crippen LogP contribution is 2.52. The molecule has 0 fully saturated rings. The molecule has 6 heterocycles. The Morgan fingerprint density at radius 2 is 0.794 bits per heavy atom. The zero-order valence-electron chi connectivity index (χ0n) is 38.2. The van der Waals surface area contributed by atoms with Gasteiger partial charge in [-0.25, -0.2) is 0 Å². The third kappa shape index (κ3) is 5.67. The van der Waals surface area contributed by atoms with Crippen molar-refractivity contribution < 1.29 is 37.2 Å². The fourth-order valence-electron chi connectivity index (χ4n) is 10.9. The first kappa shape index (κ1) is 40.0. The zero-order chi connectivity index (χ0) is 45.8. The van der Waals surface area contributed by atoms with Gasteiger partial charge in [-0.1, -0.05) is 124 Å². The van der Waals surface area contributed by atoms with Gasteiger partial charge in [0.2, 0.25) is 34.2 Å². The fourth-order valence-corrected chi connectivity index (χ4v) is 10.9. The predicted molar refractivity (Wildman–Crippen MR) is 264 cm³/mol. The van der Waals surface area contributed by atoms with Crippen LogP contribution in [-0.2, 0) is 10.8 Å². The highest BCUT2D eigenvalue weighted by Gasteiger charge is 2.72. The fraction of sp³-hybridized carbons (Fsp3) is 0.133. The summed E-state index contributed by atoms with van der Waals surface area (Å²) >= 11 is 0. The summed E-state index contributed by atoms with van der Waals surface area (Å²) in [5.74, 6) is 3.30. The molecule has 8 aromatic carbocycles. The van der Waals surface area contributed by atoms with Crippen LogP contribution in [0.4, 0.5) is 22.7 Å².